The van der Waals surface area contributed by atoms with Crippen molar-refractivity contribution in [1.82, 2.24) is 9.78 Å². The summed E-state index contributed by atoms with van der Waals surface area (Å²) in [5.74, 6) is -0.243. The fourth-order valence-electron chi connectivity index (χ4n) is 1.35. The Morgan fingerprint density at radius 3 is 2.92 bits per heavy atom. The van der Waals surface area contributed by atoms with Gasteiger partial charge in [0.2, 0.25) is 0 Å². The fraction of sp³-hybridized carbons (Fsp3) is 0.300. The van der Waals surface area contributed by atoms with Gasteiger partial charge in [-0.2, -0.15) is 5.10 Å². The summed E-state index contributed by atoms with van der Waals surface area (Å²) in [6, 6.07) is 4.89. The van der Waals surface area contributed by atoms with Crippen molar-refractivity contribution < 1.29 is 4.39 Å². The molecule has 2 aromatic rings. The van der Waals surface area contributed by atoms with Gasteiger partial charge in [0.1, 0.15) is 12.0 Å². The quantitative estimate of drug-likeness (QED) is 0.654. The van der Waals surface area contributed by atoms with Gasteiger partial charge in [-0.1, -0.05) is 0 Å². The fourth-order valence-corrected chi connectivity index (χ4v) is 1.35. The molecule has 1 radical (unpaired) electrons. The minimum atomic E-state index is -0.243. The van der Waals surface area contributed by atoms with Crippen molar-refractivity contribution >= 4 is 10.9 Å². The Labute approximate surface area is 76.0 Å². The van der Waals surface area contributed by atoms with E-state index in [1.165, 1.54) is 12.1 Å². The van der Waals surface area contributed by atoms with E-state index in [1.54, 1.807) is 6.07 Å². The van der Waals surface area contributed by atoms with Gasteiger partial charge in [0.05, 0.1) is 5.52 Å². The molecule has 13 heavy (non-hydrogen) atoms. The topological polar surface area (TPSA) is 17.8 Å². The van der Waals surface area contributed by atoms with Crippen molar-refractivity contribution in [3.8, 4) is 0 Å². The Balaban J connectivity index is 2.69. The number of fused-ring (bicyclic) bond motifs is 1. The maximum Gasteiger partial charge on any atom is 0.124 e. The number of rotatable bonds is 1. The summed E-state index contributed by atoms with van der Waals surface area (Å²) in [7, 11) is 0. The number of hydrogen-bond acceptors (Lipinski definition) is 1. The molecule has 0 aliphatic carbocycles. The summed E-state index contributed by atoms with van der Waals surface area (Å²) >= 11 is 0. The lowest BCUT2D eigenvalue weighted by atomic mass is 10.2. The molecule has 0 aliphatic heterocycles. The van der Waals surface area contributed by atoms with Gasteiger partial charge >= 0.3 is 0 Å². The second-order valence-electron chi connectivity index (χ2n) is 3.31. The average molecular weight is 177 g/mol. The maximum atomic E-state index is 12.8. The van der Waals surface area contributed by atoms with E-state index >= 15 is 0 Å². The Hall–Kier alpha value is -1.38. The van der Waals surface area contributed by atoms with E-state index in [1.807, 2.05) is 18.5 Å². The summed E-state index contributed by atoms with van der Waals surface area (Å²) in [4.78, 5) is 0. The van der Waals surface area contributed by atoms with Crippen LogP contribution in [0.4, 0.5) is 4.39 Å². The van der Waals surface area contributed by atoms with Crippen LogP contribution in [0.2, 0.25) is 0 Å². The van der Waals surface area contributed by atoms with Crippen LogP contribution in [-0.2, 0) is 0 Å². The molecular formula is C10H10FN2. The van der Waals surface area contributed by atoms with Gasteiger partial charge in [-0.25, -0.2) is 4.39 Å². The third kappa shape index (κ3) is 1.30. The van der Waals surface area contributed by atoms with Crippen molar-refractivity contribution in [3.05, 3.63) is 30.2 Å². The Morgan fingerprint density at radius 2 is 2.23 bits per heavy atom. The molecule has 0 atom stereocenters. The molecule has 0 aliphatic rings. The van der Waals surface area contributed by atoms with Crippen molar-refractivity contribution in [2.24, 2.45) is 0 Å². The van der Waals surface area contributed by atoms with Crippen LogP contribution in [0.3, 0.4) is 0 Å². The Bertz CT molecular complexity index is 431. The van der Waals surface area contributed by atoms with Gasteiger partial charge in [0.25, 0.3) is 0 Å². The third-order valence-corrected chi connectivity index (χ3v) is 1.97. The Kier molecular flexibility index (Phi) is 1.79. The Morgan fingerprint density at radius 1 is 1.46 bits per heavy atom. The van der Waals surface area contributed by atoms with Crippen LogP contribution >= 0.6 is 0 Å². The van der Waals surface area contributed by atoms with Crippen LogP contribution in [0.1, 0.15) is 19.9 Å². The van der Waals surface area contributed by atoms with Crippen LogP contribution in [0, 0.1) is 12.0 Å². The maximum absolute atomic E-state index is 12.8. The van der Waals surface area contributed by atoms with Gasteiger partial charge < -0.3 is 0 Å². The summed E-state index contributed by atoms with van der Waals surface area (Å²) in [6.07, 6.45) is 2.78. The molecule has 2 rings (SSSR count). The smallest absolute Gasteiger partial charge is 0.124 e. The molecule has 1 heterocycles. The first-order chi connectivity index (χ1) is 6.18. The minimum Gasteiger partial charge on any atom is -0.262 e. The van der Waals surface area contributed by atoms with Crippen molar-refractivity contribution in [2.45, 2.75) is 19.9 Å². The highest BCUT2D eigenvalue weighted by atomic mass is 19.1. The number of nitrogens with zero attached hydrogens (tertiary/aromatic N) is 2. The largest absolute Gasteiger partial charge is 0.262 e. The normalized spacial score (nSPS) is 11.4. The van der Waals surface area contributed by atoms with Gasteiger partial charge in [0, 0.05) is 11.4 Å². The monoisotopic (exact) mass is 177 g/mol. The number of benzene rings is 1. The van der Waals surface area contributed by atoms with Crippen LogP contribution < -0.4 is 0 Å². The average Bonchev–Trinajstić information content (AvgIpc) is 2.46. The highest BCUT2D eigenvalue weighted by Gasteiger charge is 2.05. The molecule has 1 aromatic heterocycles. The molecule has 0 N–H and O–H groups in total. The van der Waals surface area contributed by atoms with E-state index in [4.69, 9.17) is 0 Å². The standard InChI is InChI=1S/C10H10FN2/c1-7(2)13-10-4-3-9(11)5-8(10)6-12-13/h3-5,7H,1-2H3. The van der Waals surface area contributed by atoms with E-state index in [2.05, 4.69) is 11.3 Å². The zero-order chi connectivity index (χ0) is 9.42. The van der Waals surface area contributed by atoms with Crippen molar-refractivity contribution in [3.63, 3.8) is 0 Å². The lowest BCUT2D eigenvalue weighted by Crippen LogP contribution is -2.01. The van der Waals surface area contributed by atoms with E-state index in [0.717, 1.165) is 10.9 Å². The number of aromatic nitrogens is 2. The minimum absolute atomic E-state index is 0.243. The molecular weight excluding hydrogens is 167 g/mol. The molecule has 3 heteroatoms. The van der Waals surface area contributed by atoms with Gasteiger partial charge in [-0.3, -0.25) is 4.68 Å². The summed E-state index contributed by atoms with van der Waals surface area (Å²) in [5.41, 5.74) is 0.927. The molecule has 0 saturated heterocycles. The molecule has 0 unspecified atom stereocenters. The van der Waals surface area contributed by atoms with Gasteiger partial charge in [0.15, 0.2) is 0 Å². The van der Waals surface area contributed by atoms with E-state index in [9.17, 15) is 4.39 Å². The molecule has 0 bridgehead atoms. The van der Waals surface area contributed by atoms with E-state index in [-0.39, 0.29) is 11.9 Å². The first-order valence-electron chi connectivity index (χ1n) is 4.24. The molecule has 1 aromatic carbocycles. The molecule has 0 fully saturated rings. The predicted octanol–water partition coefficient (Wildman–Crippen LogP) is 2.56. The summed E-state index contributed by atoms with van der Waals surface area (Å²) in [6.45, 7) is 4.06. The lowest BCUT2D eigenvalue weighted by Gasteiger charge is -2.06. The molecule has 0 amide bonds. The summed E-state index contributed by atoms with van der Waals surface area (Å²) in [5, 5.41) is 4.79. The zero-order valence-electron chi connectivity index (χ0n) is 7.58. The number of hydrogen-bond donors (Lipinski definition) is 0. The highest BCUT2D eigenvalue weighted by molar-refractivity contribution is 5.77. The first-order valence-corrected chi connectivity index (χ1v) is 4.24. The second-order valence-corrected chi connectivity index (χ2v) is 3.31. The highest BCUT2D eigenvalue weighted by Crippen LogP contribution is 2.17. The predicted molar refractivity (Wildman–Crippen MR) is 48.9 cm³/mol. The lowest BCUT2D eigenvalue weighted by molar-refractivity contribution is 0.549. The molecule has 0 spiro atoms. The SMILES string of the molecule is CC(C)n1n[c]c2cc(F)ccc21. The zero-order valence-corrected chi connectivity index (χ0v) is 7.58. The van der Waals surface area contributed by atoms with E-state index < -0.39 is 0 Å². The van der Waals surface area contributed by atoms with Crippen LogP contribution in [0.25, 0.3) is 10.9 Å². The van der Waals surface area contributed by atoms with Crippen molar-refractivity contribution in [1.29, 1.82) is 0 Å². The van der Waals surface area contributed by atoms with Crippen molar-refractivity contribution in [2.75, 3.05) is 0 Å². The third-order valence-electron chi connectivity index (χ3n) is 1.97. The van der Waals surface area contributed by atoms with Crippen LogP contribution in [-0.4, -0.2) is 9.78 Å². The summed E-state index contributed by atoms with van der Waals surface area (Å²) < 4.78 is 14.6. The molecule has 67 valence electrons. The van der Waals surface area contributed by atoms with Gasteiger partial charge in [-0.15, -0.1) is 0 Å². The molecule has 0 saturated carbocycles. The second kappa shape index (κ2) is 2.83. The van der Waals surface area contributed by atoms with E-state index in [0.29, 0.717) is 0 Å². The first kappa shape index (κ1) is 8.23. The van der Waals surface area contributed by atoms with Gasteiger partial charge in [-0.05, 0) is 32.0 Å². The molecule has 2 nitrogen and oxygen atoms in total. The van der Waals surface area contributed by atoms with Crippen LogP contribution in [0.15, 0.2) is 18.2 Å². The van der Waals surface area contributed by atoms with Crippen LogP contribution in [0.5, 0.6) is 0 Å². The number of halogens is 1.